The van der Waals surface area contributed by atoms with Crippen LogP contribution in [0.1, 0.15) is 11.6 Å². The molecule has 0 radical (unpaired) electrons. The Morgan fingerprint density at radius 3 is 3.00 bits per heavy atom. The minimum absolute atomic E-state index is 0.577. The fourth-order valence-electron chi connectivity index (χ4n) is 1.00. The maximum Gasteiger partial charge on any atom is 0.188 e. The molecule has 0 aliphatic rings. The summed E-state index contributed by atoms with van der Waals surface area (Å²) >= 11 is 2.13. The topological polar surface area (TPSA) is 79.6 Å². The molecule has 2 aromatic rings. The number of nitrogens with zero attached hydrogens (tertiary/aromatic N) is 3. The molecule has 2 aromatic heterocycles. The molecule has 0 saturated carbocycles. The summed E-state index contributed by atoms with van der Waals surface area (Å²) in [6.45, 7) is 1.24. The summed E-state index contributed by atoms with van der Waals surface area (Å²) in [4.78, 5) is 0. The van der Waals surface area contributed by atoms with Gasteiger partial charge in [0.1, 0.15) is 5.76 Å². The maximum atomic E-state index is 5.36. The lowest BCUT2D eigenvalue weighted by molar-refractivity contribution is 0.461. The van der Waals surface area contributed by atoms with Crippen LogP contribution in [0.3, 0.4) is 0 Å². The van der Waals surface area contributed by atoms with Gasteiger partial charge < -0.3 is 9.73 Å². The van der Waals surface area contributed by atoms with Gasteiger partial charge >= 0.3 is 0 Å². The quantitative estimate of drug-likeness (QED) is 0.812. The number of furan rings is 1. The van der Waals surface area contributed by atoms with Crippen LogP contribution in [0.4, 0.5) is 0 Å². The molecule has 0 spiro atoms. The lowest BCUT2D eigenvalue weighted by Crippen LogP contribution is -2.13. The average molecular weight is 305 g/mol. The zero-order valence-corrected chi connectivity index (χ0v) is 9.35. The number of tetrazole rings is 1. The van der Waals surface area contributed by atoms with Crippen LogP contribution in [0.25, 0.3) is 0 Å². The van der Waals surface area contributed by atoms with E-state index in [4.69, 9.17) is 4.42 Å². The SMILES string of the molecule is Ic1ccc(CNCc2nn[nH]n2)o1. The van der Waals surface area contributed by atoms with Crippen LogP contribution in [0, 0.1) is 3.77 Å². The van der Waals surface area contributed by atoms with Crippen molar-refractivity contribution in [1.82, 2.24) is 25.9 Å². The van der Waals surface area contributed by atoms with Gasteiger partial charge in [-0.25, -0.2) is 0 Å². The molecule has 0 unspecified atom stereocenters. The molecule has 2 N–H and O–H groups in total. The molecule has 0 saturated heterocycles. The number of aromatic nitrogens is 4. The first-order valence-electron chi connectivity index (χ1n) is 4.02. The smallest absolute Gasteiger partial charge is 0.188 e. The molecule has 0 atom stereocenters. The minimum Gasteiger partial charge on any atom is -0.454 e. The van der Waals surface area contributed by atoms with Crippen LogP contribution in [0.2, 0.25) is 0 Å². The van der Waals surface area contributed by atoms with Crippen molar-refractivity contribution in [3.63, 3.8) is 0 Å². The monoisotopic (exact) mass is 305 g/mol. The van der Waals surface area contributed by atoms with Gasteiger partial charge in [0.05, 0.1) is 13.1 Å². The highest BCUT2D eigenvalue weighted by molar-refractivity contribution is 14.1. The van der Waals surface area contributed by atoms with E-state index in [9.17, 15) is 0 Å². The van der Waals surface area contributed by atoms with Crippen molar-refractivity contribution < 1.29 is 4.42 Å². The first kappa shape index (κ1) is 9.59. The third-order valence-corrected chi connectivity index (χ3v) is 2.18. The van der Waals surface area contributed by atoms with E-state index in [0.29, 0.717) is 18.9 Å². The van der Waals surface area contributed by atoms with Gasteiger partial charge in [-0.1, -0.05) is 5.21 Å². The molecule has 14 heavy (non-hydrogen) atoms. The second-order valence-electron chi connectivity index (χ2n) is 2.64. The van der Waals surface area contributed by atoms with E-state index < -0.39 is 0 Å². The van der Waals surface area contributed by atoms with Crippen molar-refractivity contribution >= 4 is 22.6 Å². The number of hydrogen-bond acceptors (Lipinski definition) is 5. The van der Waals surface area contributed by atoms with Crippen LogP contribution in [-0.4, -0.2) is 20.6 Å². The van der Waals surface area contributed by atoms with E-state index in [0.717, 1.165) is 9.53 Å². The molecular weight excluding hydrogens is 297 g/mol. The number of hydrogen-bond donors (Lipinski definition) is 2. The zero-order valence-electron chi connectivity index (χ0n) is 7.20. The molecule has 2 heterocycles. The van der Waals surface area contributed by atoms with Crippen LogP contribution in [0.15, 0.2) is 16.5 Å². The van der Waals surface area contributed by atoms with Gasteiger partial charge in [0.25, 0.3) is 0 Å². The maximum absolute atomic E-state index is 5.36. The molecule has 0 aliphatic heterocycles. The summed E-state index contributed by atoms with van der Waals surface area (Å²) < 4.78 is 6.25. The van der Waals surface area contributed by atoms with E-state index in [1.165, 1.54) is 0 Å². The van der Waals surface area contributed by atoms with E-state index in [1.54, 1.807) is 0 Å². The molecule has 7 heteroatoms. The van der Waals surface area contributed by atoms with Gasteiger partial charge in [-0.15, -0.1) is 10.2 Å². The molecular formula is C7H8IN5O. The fraction of sp³-hybridized carbons (Fsp3) is 0.286. The van der Waals surface area contributed by atoms with E-state index in [2.05, 4.69) is 48.5 Å². The van der Waals surface area contributed by atoms with Crippen molar-refractivity contribution in [1.29, 1.82) is 0 Å². The standard InChI is InChI=1S/C7H8IN5O/c8-6-2-1-5(14-6)3-9-4-7-10-12-13-11-7/h1-2,9H,3-4H2,(H,10,11,12,13). The van der Waals surface area contributed by atoms with Crippen LogP contribution in [0.5, 0.6) is 0 Å². The summed E-state index contributed by atoms with van der Waals surface area (Å²) in [6.07, 6.45) is 0. The van der Waals surface area contributed by atoms with Crippen LogP contribution < -0.4 is 5.32 Å². The second kappa shape index (κ2) is 4.51. The highest BCUT2D eigenvalue weighted by Crippen LogP contribution is 2.09. The van der Waals surface area contributed by atoms with Crippen molar-refractivity contribution in [2.45, 2.75) is 13.1 Å². The van der Waals surface area contributed by atoms with E-state index in [-0.39, 0.29) is 0 Å². The van der Waals surface area contributed by atoms with Crippen molar-refractivity contribution in [2.75, 3.05) is 0 Å². The third-order valence-electron chi connectivity index (χ3n) is 1.60. The molecule has 0 fully saturated rings. The van der Waals surface area contributed by atoms with Crippen molar-refractivity contribution in [3.8, 4) is 0 Å². The van der Waals surface area contributed by atoms with Gasteiger partial charge in [0.15, 0.2) is 9.59 Å². The fourth-order valence-corrected chi connectivity index (χ4v) is 1.46. The second-order valence-corrected chi connectivity index (χ2v) is 3.70. The number of nitrogens with one attached hydrogen (secondary N) is 2. The number of aromatic amines is 1. The summed E-state index contributed by atoms with van der Waals surface area (Å²) in [6, 6.07) is 3.86. The molecule has 0 amide bonds. The Morgan fingerprint density at radius 2 is 2.36 bits per heavy atom. The van der Waals surface area contributed by atoms with Crippen LogP contribution >= 0.6 is 22.6 Å². The Labute approximate surface area is 93.6 Å². The molecule has 0 aromatic carbocycles. The summed E-state index contributed by atoms with van der Waals surface area (Å²) in [5, 5.41) is 16.6. The van der Waals surface area contributed by atoms with E-state index >= 15 is 0 Å². The summed E-state index contributed by atoms with van der Waals surface area (Å²) in [7, 11) is 0. The number of halogens is 1. The van der Waals surface area contributed by atoms with Crippen LogP contribution in [-0.2, 0) is 13.1 Å². The summed E-state index contributed by atoms with van der Waals surface area (Å²) in [5.74, 6) is 1.55. The lowest BCUT2D eigenvalue weighted by Gasteiger charge is -1.97. The Morgan fingerprint density at radius 1 is 1.43 bits per heavy atom. The lowest BCUT2D eigenvalue weighted by atomic mass is 10.4. The van der Waals surface area contributed by atoms with E-state index in [1.807, 2.05) is 12.1 Å². The molecule has 0 aliphatic carbocycles. The number of H-pyrrole nitrogens is 1. The molecule has 6 nitrogen and oxygen atoms in total. The van der Waals surface area contributed by atoms with Gasteiger partial charge in [-0.3, -0.25) is 0 Å². The van der Waals surface area contributed by atoms with Gasteiger partial charge in [0, 0.05) is 0 Å². The zero-order chi connectivity index (χ0) is 9.80. The molecule has 0 bridgehead atoms. The Kier molecular flexibility index (Phi) is 3.09. The largest absolute Gasteiger partial charge is 0.454 e. The first-order chi connectivity index (χ1) is 6.84. The minimum atomic E-state index is 0.577. The predicted octanol–water partition coefficient (Wildman–Crippen LogP) is 0.687. The molecule has 74 valence electrons. The normalized spacial score (nSPS) is 10.6. The average Bonchev–Trinajstić information content (AvgIpc) is 2.77. The van der Waals surface area contributed by atoms with Gasteiger partial charge in [-0.05, 0) is 34.7 Å². The highest BCUT2D eigenvalue weighted by atomic mass is 127. The summed E-state index contributed by atoms with van der Waals surface area (Å²) in [5.41, 5.74) is 0. The Bertz CT molecular complexity index is 384. The van der Waals surface area contributed by atoms with Gasteiger partial charge in [0.2, 0.25) is 0 Å². The third kappa shape index (κ3) is 2.51. The Balaban J connectivity index is 1.78. The molecule has 2 rings (SSSR count). The first-order valence-corrected chi connectivity index (χ1v) is 5.10. The Hall–Kier alpha value is -0.960. The highest BCUT2D eigenvalue weighted by Gasteiger charge is 2.00. The van der Waals surface area contributed by atoms with Crippen molar-refractivity contribution in [3.05, 3.63) is 27.5 Å². The van der Waals surface area contributed by atoms with Crippen molar-refractivity contribution in [2.24, 2.45) is 0 Å². The predicted molar refractivity (Wildman–Crippen MR) is 56.1 cm³/mol. The van der Waals surface area contributed by atoms with Gasteiger partial charge in [-0.2, -0.15) is 5.21 Å². The number of rotatable bonds is 4.